The van der Waals surface area contributed by atoms with Crippen molar-refractivity contribution >= 4 is 17.4 Å². The third-order valence-corrected chi connectivity index (χ3v) is 4.31. The van der Waals surface area contributed by atoms with Crippen LogP contribution in [-0.4, -0.2) is 29.0 Å². The lowest BCUT2D eigenvalue weighted by atomic mass is 9.75. The zero-order valence-electron chi connectivity index (χ0n) is 11.5. The maximum Gasteiger partial charge on any atom is 0.234 e. The lowest BCUT2D eigenvalue weighted by Gasteiger charge is -2.35. The van der Waals surface area contributed by atoms with Crippen LogP contribution in [0.5, 0.6) is 5.88 Å². The molecule has 0 aromatic carbocycles. The normalized spacial score (nSPS) is 18.0. The van der Waals surface area contributed by atoms with Crippen LogP contribution in [0, 0.1) is 5.41 Å². The number of halogens is 1. The molecule has 0 bridgehead atoms. The fourth-order valence-corrected chi connectivity index (χ4v) is 2.95. The van der Waals surface area contributed by atoms with Gasteiger partial charge in [0, 0.05) is 17.8 Å². The molecule has 1 aromatic rings. The molecule has 5 heteroatoms. The summed E-state index contributed by atoms with van der Waals surface area (Å²) in [6, 6.07) is 0. The Hall–Kier alpha value is -1.03. The summed E-state index contributed by atoms with van der Waals surface area (Å²) in [4.78, 5) is 8.51. The van der Waals surface area contributed by atoms with Crippen LogP contribution in [0.1, 0.15) is 39.0 Å². The SMILES string of the molecule is CCOc1cncc(NCC2(CCl)CCCCC2)n1. The first kappa shape index (κ1) is 14.4. The highest BCUT2D eigenvalue weighted by molar-refractivity contribution is 6.18. The Bertz CT molecular complexity index is 394. The molecular weight excluding hydrogens is 262 g/mol. The Morgan fingerprint density at radius 1 is 1.32 bits per heavy atom. The first-order valence-corrected chi connectivity index (χ1v) is 7.56. The van der Waals surface area contributed by atoms with Crippen LogP contribution in [-0.2, 0) is 0 Å². The number of nitrogens with zero attached hydrogens (tertiary/aromatic N) is 2. The standard InChI is InChI=1S/C14H22ClN3O/c1-2-19-13-9-16-8-12(18-13)17-11-14(10-15)6-4-3-5-7-14/h8-9H,2-7,10-11H2,1H3,(H,17,18). The first-order valence-electron chi connectivity index (χ1n) is 7.03. The second kappa shape index (κ2) is 6.94. The largest absolute Gasteiger partial charge is 0.477 e. The van der Waals surface area contributed by atoms with E-state index in [2.05, 4.69) is 15.3 Å². The van der Waals surface area contributed by atoms with Gasteiger partial charge < -0.3 is 10.1 Å². The van der Waals surface area contributed by atoms with Crippen molar-refractivity contribution in [1.82, 2.24) is 9.97 Å². The topological polar surface area (TPSA) is 47.0 Å². The summed E-state index contributed by atoms with van der Waals surface area (Å²) in [5.74, 6) is 2.04. The lowest BCUT2D eigenvalue weighted by molar-refractivity contribution is 0.237. The van der Waals surface area contributed by atoms with E-state index in [0.29, 0.717) is 18.4 Å². The van der Waals surface area contributed by atoms with E-state index >= 15 is 0 Å². The van der Waals surface area contributed by atoms with Crippen LogP contribution in [0.15, 0.2) is 12.4 Å². The monoisotopic (exact) mass is 283 g/mol. The molecule has 1 heterocycles. The van der Waals surface area contributed by atoms with Crippen molar-refractivity contribution in [3.8, 4) is 5.88 Å². The molecule has 4 nitrogen and oxygen atoms in total. The number of aromatic nitrogens is 2. The minimum atomic E-state index is 0.211. The number of hydrogen-bond donors (Lipinski definition) is 1. The van der Waals surface area contributed by atoms with Gasteiger partial charge in [-0.2, -0.15) is 4.98 Å². The molecule has 1 aliphatic carbocycles. The summed E-state index contributed by atoms with van der Waals surface area (Å²) in [6.45, 7) is 3.40. The fraction of sp³-hybridized carbons (Fsp3) is 0.714. The third kappa shape index (κ3) is 3.96. The minimum absolute atomic E-state index is 0.211. The van der Waals surface area contributed by atoms with Crippen molar-refractivity contribution in [1.29, 1.82) is 0 Å². The summed E-state index contributed by atoms with van der Waals surface area (Å²) < 4.78 is 5.35. The quantitative estimate of drug-likeness (QED) is 0.812. The van der Waals surface area contributed by atoms with E-state index in [0.717, 1.165) is 12.4 Å². The zero-order valence-corrected chi connectivity index (χ0v) is 12.2. The van der Waals surface area contributed by atoms with Crippen LogP contribution in [0.25, 0.3) is 0 Å². The Morgan fingerprint density at radius 3 is 2.79 bits per heavy atom. The number of ether oxygens (including phenoxy) is 1. The van der Waals surface area contributed by atoms with E-state index in [1.165, 1.54) is 32.1 Å². The van der Waals surface area contributed by atoms with Gasteiger partial charge >= 0.3 is 0 Å². The number of anilines is 1. The molecular formula is C14H22ClN3O. The Balaban J connectivity index is 1.94. The molecule has 1 aliphatic rings. The van der Waals surface area contributed by atoms with E-state index < -0.39 is 0 Å². The molecule has 0 atom stereocenters. The molecule has 1 aromatic heterocycles. The predicted octanol–water partition coefficient (Wildman–Crippen LogP) is 3.48. The second-order valence-corrected chi connectivity index (χ2v) is 5.49. The maximum absolute atomic E-state index is 6.18. The van der Waals surface area contributed by atoms with E-state index in [9.17, 15) is 0 Å². The van der Waals surface area contributed by atoms with Crippen LogP contribution in [0.3, 0.4) is 0 Å². The van der Waals surface area contributed by atoms with E-state index in [4.69, 9.17) is 16.3 Å². The molecule has 0 unspecified atom stereocenters. The lowest BCUT2D eigenvalue weighted by Crippen LogP contribution is -2.34. The van der Waals surface area contributed by atoms with E-state index in [-0.39, 0.29) is 5.41 Å². The average Bonchev–Trinajstić information content (AvgIpc) is 2.47. The van der Waals surface area contributed by atoms with Gasteiger partial charge in [-0.15, -0.1) is 11.6 Å². The summed E-state index contributed by atoms with van der Waals surface area (Å²) in [5, 5.41) is 3.37. The van der Waals surface area contributed by atoms with Crippen molar-refractivity contribution < 1.29 is 4.74 Å². The average molecular weight is 284 g/mol. The molecule has 1 fully saturated rings. The van der Waals surface area contributed by atoms with Gasteiger partial charge in [-0.05, 0) is 19.8 Å². The number of alkyl halides is 1. The summed E-state index contributed by atoms with van der Waals surface area (Å²) in [7, 11) is 0. The smallest absolute Gasteiger partial charge is 0.234 e. The highest BCUT2D eigenvalue weighted by Gasteiger charge is 2.31. The van der Waals surface area contributed by atoms with Crippen molar-refractivity contribution in [2.45, 2.75) is 39.0 Å². The van der Waals surface area contributed by atoms with E-state index in [1.54, 1.807) is 12.4 Å². The Labute approximate surface area is 119 Å². The molecule has 106 valence electrons. The van der Waals surface area contributed by atoms with Gasteiger partial charge in [0.1, 0.15) is 5.82 Å². The van der Waals surface area contributed by atoms with Crippen LogP contribution in [0.2, 0.25) is 0 Å². The van der Waals surface area contributed by atoms with E-state index in [1.807, 2.05) is 6.92 Å². The molecule has 0 radical (unpaired) electrons. The number of rotatable bonds is 6. The molecule has 19 heavy (non-hydrogen) atoms. The molecule has 1 N–H and O–H groups in total. The Kier molecular flexibility index (Phi) is 5.25. The Morgan fingerprint density at radius 2 is 2.11 bits per heavy atom. The highest BCUT2D eigenvalue weighted by atomic mass is 35.5. The second-order valence-electron chi connectivity index (χ2n) is 5.22. The molecule has 0 aliphatic heterocycles. The number of nitrogens with one attached hydrogen (secondary N) is 1. The summed E-state index contributed by atoms with van der Waals surface area (Å²) in [6.07, 6.45) is 9.64. The van der Waals surface area contributed by atoms with Gasteiger partial charge in [-0.25, -0.2) is 0 Å². The van der Waals surface area contributed by atoms with Crippen LogP contribution < -0.4 is 10.1 Å². The first-order chi connectivity index (χ1) is 9.28. The van der Waals surface area contributed by atoms with Crippen molar-refractivity contribution in [2.24, 2.45) is 5.41 Å². The fourth-order valence-electron chi connectivity index (χ4n) is 2.59. The predicted molar refractivity (Wildman–Crippen MR) is 77.9 cm³/mol. The van der Waals surface area contributed by atoms with Crippen molar-refractivity contribution in [3.05, 3.63) is 12.4 Å². The third-order valence-electron chi connectivity index (χ3n) is 3.75. The molecule has 1 saturated carbocycles. The van der Waals surface area contributed by atoms with Crippen LogP contribution in [0.4, 0.5) is 5.82 Å². The summed E-state index contributed by atoms with van der Waals surface area (Å²) in [5.41, 5.74) is 0.211. The molecule has 2 rings (SSSR count). The van der Waals surface area contributed by atoms with Gasteiger partial charge in [0.2, 0.25) is 5.88 Å². The van der Waals surface area contributed by atoms with Crippen molar-refractivity contribution in [2.75, 3.05) is 24.3 Å². The molecule has 0 amide bonds. The van der Waals surface area contributed by atoms with Gasteiger partial charge in [-0.3, -0.25) is 4.98 Å². The number of hydrogen-bond acceptors (Lipinski definition) is 4. The van der Waals surface area contributed by atoms with Gasteiger partial charge in [0.15, 0.2) is 0 Å². The van der Waals surface area contributed by atoms with Crippen molar-refractivity contribution in [3.63, 3.8) is 0 Å². The van der Waals surface area contributed by atoms with Gasteiger partial charge in [-0.1, -0.05) is 19.3 Å². The van der Waals surface area contributed by atoms with Gasteiger partial charge in [0.25, 0.3) is 0 Å². The molecule has 0 spiro atoms. The zero-order chi connectivity index (χ0) is 13.6. The highest BCUT2D eigenvalue weighted by Crippen LogP contribution is 2.37. The van der Waals surface area contributed by atoms with Gasteiger partial charge in [0.05, 0.1) is 19.0 Å². The minimum Gasteiger partial charge on any atom is -0.477 e. The molecule has 0 saturated heterocycles. The summed E-state index contributed by atoms with van der Waals surface area (Å²) >= 11 is 6.18. The van der Waals surface area contributed by atoms with Crippen LogP contribution >= 0.6 is 11.6 Å². The maximum atomic E-state index is 6.18.